The van der Waals surface area contributed by atoms with Gasteiger partial charge in [0.25, 0.3) is 5.56 Å². The first-order valence-corrected chi connectivity index (χ1v) is 7.36. The van der Waals surface area contributed by atoms with Crippen LogP contribution >= 0.6 is 8.25 Å². The van der Waals surface area contributed by atoms with Crippen LogP contribution in [-0.4, -0.2) is 33.2 Å². The molecule has 1 aliphatic rings. The number of azide groups is 1. The van der Waals surface area contributed by atoms with Crippen LogP contribution in [-0.2, 0) is 13.8 Å². The summed E-state index contributed by atoms with van der Waals surface area (Å²) in [5.74, 6) is 0. The summed E-state index contributed by atoms with van der Waals surface area (Å²) in [6.45, 7) is 1.27. The lowest BCUT2D eigenvalue weighted by molar-refractivity contribution is -0.0227. The Hall–Kier alpha value is -2.03. The average Bonchev–Trinajstić information content (AvgIpc) is 2.84. The number of hydrogen-bond donors (Lipinski definition) is 2. The summed E-state index contributed by atoms with van der Waals surface area (Å²) < 4.78 is 21.9. The van der Waals surface area contributed by atoms with Crippen molar-refractivity contribution in [3.8, 4) is 0 Å². The van der Waals surface area contributed by atoms with Crippen LogP contribution < -0.4 is 11.2 Å². The van der Waals surface area contributed by atoms with Gasteiger partial charge in [0.15, 0.2) is 0 Å². The highest BCUT2D eigenvalue weighted by Crippen LogP contribution is 2.31. The van der Waals surface area contributed by atoms with Crippen molar-refractivity contribution in [2.75, 3.05) is 6.61 Å². The average molecular weight is 330 g/mol. The van der Waals surface area contributed by atoms with E-state index < -0.39 is 37.9 Å². The number of aryl methyl sites for hydroxylation is 1. The van der Waals surface area contributed by atoms with Crippen molar-refractivity contribution in [3.63, 3.8) is 0 Å². The molecule has 0 spiro atoms. The van der Waals surface area contributed by atoms with Gasteiger partial charge in [0.05, 0.1) is 12.1 Å². The van der Waals surface area contributed by atoms with Crippen LogP contribution in [0.3, 0.4) is 0 Å². The fraction of sp³-hybridized carbons (Fsp3) is 0.600. The van der Waals surface area contributed by atoms with Crippen molar-refractivity contribution in [2.24, 2.45) is 5.11 Å². The van der Waals surface area contributed by atoms with E-state index in [-0.39, 0.29) is 13.0 Å². The van der Waals surface area contributed by atoms with E-state index in [0.29, 0.717) is 5.56 Å². The molecule has 2 heterocycles. The van der Waals surface area contributed by atoms with Gasteiger partial charge >= 0.3 is 13.9 Å². The maximum absolute atomic E-state index is 11.8. The third-order valence-corrected chi connectivity index (χ3v) is 3.58. The molecule has 0 bridgehead atoms. The molecule has 2 unspecified atom stereocenters. The molecule has 0 saturated carbocycles. The van der Waals surface area contributed by atoms with Crippen LogP contribution in [0.15, 0.2) is 20.9 Å². The van der Waals surface area contributed by atoms with Crippen LogP contribution in [0.4, 0.5) is 0 Å². The van der Waals surface area contributed by atoms with E-state index in [4.69, 9.17) is 15.2 Å². The van der Waals surface area contributed by atoms with Gasteiger partial charge in [-0.3, -0.25) is 14.3 Å². The maximum atomic E-state index is 11.8. The van der Waals surface area contributed by atoms with Crippen molar-refractivity contribution in [1.29, 1.82) is 0 Å². The van der Waals surface area contributed by atoms with Crippen LogP contribution in [0.1, 0.15) is 18.2 Å². The number of H-pyrrole nitrogens is 1. The topological polar surface area (TPSA) is 159 Å². The number of aromatic amines is 1. The fourth-order valence-electron chi connectivity index (χ4n) is 2.16. The summed E-state index contributed by atoms with van der Waals surface area (Å²) in [6.07, 6.45) is -0.0321. The molecule has 11 nitrogen and oxygen atoms in total. The van der Waals surface area contributed by atoms with Crippen LogP contribution in [0, 0.1) is 6.92 Å². The molecular formula is C10H13N5O6P+. The molecule has 22 heavy (non-hydrogen) atoms. The number of aromatic nitrogens is 2. The van der Waals surface area contributed by atoms with Crippen LogP contribution in [0.25, 0.3) is 10.4 Å². The minimum absolute atomic E-state index is 0.172. The van der Waals surface area contributed by atoms with E-state index in [0.717, 1.165) is 0 Å². The van der Waals surface area contributed by atoms with Gasteiger partial charge in [0, 0.05) is 27.7 Å². The Labute approximate surface area is 124 Å². The molecule has 0 amide bonds. The maximum Gasteiger partial charge on any atom is 0.694 e. The summed E-state index contributed by atoms with van der Waals surface area (Å²) in [4.78, 5) is 36.7. The Morgan fingerprint density at radius 1 is 1.68 bits per heavy atom. The second-order valence-corrected chi connectivity index (χ2v) is 5.38. The summed E-state index contributed by atoms with van der Waals surface area (Å²) in [5, 5.41) is 3.54. The molecular weight excluding hydrogens is 317 g/mol. The summed E-state index contributed by atoms with van der Waals surface area (Å²) >= 11 is 0. The zero-order valence-electron chi connectivity index (χ0n) is 11.4. The van der Waals surface area contributed by atoms with E-state index in [1.165, 1.54) is 17.7 Å². The van der Waals surface area contributed by atoms with Crippen molar-refractivity contribution in [2.45, 2.75) is 31.7 Å². The van der Waals surface area contributed by atoms with Gasteiger partial charge in [0.2, 0.25) is 0 Å². The number of ether oxygens (including phenoxy) is 1. The predicted octanol–water partition coefficient (Wildman–Crippen LogP) is 0.478. The largest absolute Gasteiger partial charge is 0.694 e. The SMILES string of the molecule is Cc1cn(C2C[C@H](N=[N+]=[N-])[C@@H](CO[P+](=O)O)O2)c(=O)[nH]c1=O. The van der Waals surface area contributed by atoms with E-state index >= 15 is 0 Å². The Balaban J connectivity index is 2.25. The molecule has 1 aromatic rings. The zero-order valence-corrected chi connectivity index (χ0v) is 12.3. The van der Waals surface area contributed by atoms with Gasteiger partial charge in [-0.25, -0.2) is 4.79 Å². The fourth-order valence-corrected chi connectivity index (χ4v) is 2.44. The number of hydrogen-bond acceptors (Lipinski definition) is 6. The molecule has 118 valence electrons. The minimum atomic E-state index is -2.81. The molecule has 2 N–H and O–H groups in total. The van der Waals surface area contributed by atoms with E-state index in [9.17, 15) is 14.2 Å². The molecule has 1 aliphatic heterocycles. The molecule has 0 radical (unpaired) electrons. The molecule has 1 aromatic heterocycles. The summed E-state index contributed by atoms with van der Waals surface area (Å²) in [5.41, 5.74) is 7.72. The third-order valence-electron chi connectivity index (χ3n) is 3.21. The summed E-state index contributed by atoms with van der Waals surface area (Å²) in [6, 6.07) is -0.663. The van der Waals surface area contributed by atoms with E-state index in [1.54, 1.807) is 0 Å². The second-order valence-electron chi connectivity index (χ2n) is 4.65. The van der Waals surface area contributed by atoms with Gasteiger partial charge in [-0.05, 0) is 12.5 Å². The molecule has 0 aromatic carbocycles. The van der Waals surface area contributed by atoms with E-state index in [2.05, 4.69) is 19.5 Å². The second kappa shape index (κ2) is 6.82. The van der Waals surface area contributed by atoms with E-state index in [1.807, 2.05) is 0 Å². The zero-order chi connectivity index (χ0) is 16.3. The molecule has 1 saturated heterocycles. The monoisotopic (exact) mass is 330 g/mol. The van der Waals surface area contributed by atoms with Gasteiger partial charge in [-0.1, -0.05) is 5.11 Å². The standard InChI is InChI=1S/C10H12N5O6P/c1-5-3-15(10(17)12-9(5)16)8-2-6(13-14-11)7(21-8)4-20-22(18)19/h3,6-8H,2,4H2,1H3,(H-,12,16,17,18,19)/p+1/t6-,7+,8?/m0/s1. The highest BCUT2D eigenvalue weighted by molar-refractivity contribution is 7.32. The quantitative estimate of drug-likeness (QED) is 0.345. The van der Waals surface area contributed by atoms with Crippen LogP contribution in [0.5, 0.6) is 0 Å². The minimum Gasteiger partial charge on any atom is -0.352 e. The van der Waals surface area contributed by atoms with Crippen molar-refractivity contribution in [3.05, 3.63) is 43.0 Å². The molecule has 4 atom stereocenters. The van der Waals surface area contributed by atoms with Gasteiger partial charge in [-0.2, -0.15) is 0 Å². The molecule has 1 fully saturated rings. The van der Waals surface area contributed by atoms with Gasteiger partial charge < -0.3 is 4.74 Å². The van der Waals surface area contributed by atoms with Crippen molar-refractivity contribution >= 4 is 8.25 Å². The number of nitrogens with one attached hydrogen (secondary N) is 1. The number of rotatable bonds is 5. The Bertz CT molecular complexity index is 738. The predicted molar refractivity (Wildman–Crippen MR) is 73.3 cm³/mol. The molecule has 12 heteroatoms. The first kappa shape index (κ1) is 16.3. The van der Waals surface area contributed by atoms with Gasteiger partial charge in [-0.15, -0.1) is 9.42 Å². The third kappa shape index (κ3) is 3.59. The Kier molecular flexibility index (Phi) is 5.07. The first-order valence-electron chi connectivity index (χ1n) is 6.23. The molecule has 0 aliphatic carbocycles. The Morgan fingerprint density at radius 2 is 2.41 bits per heavy atom. The van der Waals surface area contributed by atoms with Gasteiger partial charge in [0.1, 0.15) is 12.8 Å². The highest BCUT2D eigenvalue weighted by Gasteiger charge is 2.38. The highest BCUT2D eigenvalue weighted by atomic mass is 31.1. The van der Waals surface area contributed by atoms with Crippen LogP contribution in [0.2, 0.25) is 0 Å². The van der Waals surface area contributed by atoms with Crippen molar-refractivity contribution in [1.82, 2.24) is 9.55 Å². The van der Waals surface area contributed by atoms with Crippen molar-refractivity contribution < 1.29 is 18.7 Å². The lowest BCUT2D eigenvalue weighted by atomic mass is 10.1. The number of nitrogens with zero attached hydrogens (tertiary/aromatic N) is 4. The lowest BCUT2D eigenvalue weighted by Gasteiger charge is -2.14. The first-order chi connectivity index (χ1) is 10.4. The normalized spacial score (nSPS) is 24.8. The summed E-state index contributed by atoms with van der Waals surface area (Å²) in [7, 11) is -2.81. The molecule has 2 rings (SSSR count). The lowest BCUT2D eigenvalue weighted by Crippen LogP contribution is -2.33. The Morgan fingerprint density at radius 3 is 3.05 bits per heavy atom. The smallest absolute Gasteiger partial charge is 0.352 e.